The van der Waals surface area contributed by atoms with E-state index in [4.69, 9.17) is 4.43 Å². The molecule has 0 unspecified atom stereocenters. The first-order valence-electron chi connectivity index (χ1n) is 5.50. The van der Waals surface area contributed by atoms with Crippen molar-refractivity contribution in [1.82, 2.24) is 0 Å². The van der Waals surface area contributed by atoms with Crippen LogP contribution in [-0.2, 0) is 4.43 Å². The second kappa shape index (κ2) is 5.88. The van der Waals surface area contributed by atoms with Gasteiger partial charge in [0, 0.05) is 14.7 Å². The molecule has 0 aromatic carbocycles. The van der Waals surface area contributed by atoms with E-state index in [1.54, 1.807) is 0 Å². The zero-order valence-electron chi connectivity index (χ0n) is 10.7. The average molecular weight is 230 g/mol. The maximum Gasteiger partial charge on any atom is 0.183 e. The van der Waals surface area contributed by atoms with Gasteiger partial charge < -0.3 is 4.43 Å². The van der Waals surface area contributed by atoms with Gasteiger partial charge in [0.1, 0.15) is 0 Å². The normalized spacial score (nSPS) is 13.9. The quantitative estimate of drug-likeness (QED) is 0.379. The van der Waals surface area contributed by atoms with Gasteiger partial charge in [-0.3, -0.25) is 0 Å². The van der Waals surface area contributed by atoms with Gasteiger partial charge in [0.25, 0.3) is 0 Å². The van der Waals surface area contributed by atoms with Crippen molar-refractivity contribution in [2.24, 2.45) is 0 Å². The predicted octanol–water partition coefficient (Wildman–Crippen LogP) is 4.12. The van der Waals surface area contributed by atoms with E-state index in [9.17, 15) is 0 Å². The largest absolute Gasteiger partial charge is 0.417 e. The summed E-state index contributed by atoms with van der Waals surface area (Å²) >= 11 is 0. The van der Waals surface area contributed by atoms with Gasteiger partial charge in [-0.2, -0.15) is 0 Å². The van der Waals surface area contributed by atoms with Gasteiger partial charge in [0.2, 0.25) is 0 Å². The summed E-state index contributed by atoms with van der Waals surface area (Å²) in [5, 5.41) is 0. The molecule has 0 amide bonds. The molecule has 0 saturated carbocycles. The highest BCUT2D eigenvalue weighted by Crippen LogP contribution is 2.09. The van der Waals surface area contributed by atoms with E-state index in [1.165, 1.54) is 6.04 Å². The Bertz CT molecular complexity index is 175. The van der Waals surface area contributed by atoms with Crippen LogP contribution in [0, 0.1) is 0 Å². The van der Waals surface area contributed by atoms with Crippen molar-refractivity contribution in [2.75, 3.05) is 6.61 Å². The Kier molecular flexibility index (Phi) is 5.94. The summed E-state index contributed by atoms with van der Waals surface area (Å²) in [4.78, 5) is 0. The van der Waals surface area contributed by atoms with Gasteiger partial charge in [-0.05, 0) is 32.1 Å². The molecule has 0 rings (SSSR count). The minimum absolute atomic E-state index is 0.873. The zero-order chi connectivity index (χ0) is 11.2. The van der Waals surface area contributed by atoms with Crippen LogP contribution in [0.3, 0.4) is 0 Å². The lowest BCUT2D eigenvalue weighted by Gasteiger charge is -2.16. The van der Waals surface area contributed by atoms with Crippen LogP contribution in [0.25, 0.3) is 0 Å². The Labute approximate surface area is 91.7 Å². The molecule has 1 nitrogen and oxygen atoms in total. The molecule has 0 fully saturated rings. The van der Waals surface area contributed by atoms with E-state index in [0.717, 1.165) is 13.0 Å². The number of hydrogen-bond donors (Lipinski definition) is 0. The fourth-order valence-electron chi connectivity index (χ4n) is 0.988. The lowest BCUT2D eigenvalue weighted by Crippen LogP contribution is -2.25. The van der Waals surface area contributed by atoms with Crippen LogP contribution in [0.1, 0.15) is 6.42 Å². The molecule has 0 saturated heterocycles. The maximum atomic E-state index is 5.76. The summed E-state index contributed by atoms with van der Waals surface area (Å²) in [5.74, 6) is 0. The third kappa shape index (κ3) is 12.1. The summed E-state index contributed by atoms with van der Waals surface area (Å²) in [5.41, 5.74) is 0. The smallest absolute Gasteiger partial charge is 0.183 e. The third-order valence-electron chi connectivity index (χ3n) is 1.72. The SMILES string of the molecule is C[Si](C)(C)C/C=C\CCO[Si](C)(C)C. The number of rotatable bonds is 6. The molecule has 0 spiro atoms. The molecule has 0 aromatic rings. The van der Waals surface area contributed by atoms with Gasteiger partial charge in [-0.1, -0.05) is 31.8 Å². The van der Waals surface area contributed by atoms with E-state index in [-0.39, 0.29) is 0 Å². The molecule has 0 aliphatic heterocycles. The molecular formula is C11H26OSi2. The molecule has 3 heteroatoms. The van der Waals surface area contributed by atoms with Crippen molar-refractivity contribution in [3.8, 4) is 0 Å². The Balaban J connectivity index is 3.46. The molecule has 0 aliphatic carbocycles. The lowest BCUT2D eigenvalue weighted by atomic mass is 10.4. The standard InChI is InChI=1S/C11H26OSi2/c1-13(2,3)11-9-7-8-10-12-14(4,5)6/h7,9H,8,10-11H2,1-6H3/b9-7-. The first-order chi connectivity index (χ1) is 6.21. The highest BCUT2D eigenvalue weighted by atomic mass is 28.4. The monoisotopic (exact) mass is 230 g/mol. The van der Waals surface area contributed by atoms with E-state index in [2.05, 4.69) is 51.4 Å². The number of allylic oxidation sites excluding steroid dienone is 1. The van der Waals surface area contributed by atoms with Crippen LogP contribution in [0.15, 0.2) is 12.2 Å². The van der Waals surface area contributed by atoms with Gasteiger partial charge >= 0.3 is 0 Å². The molecule has 0 bridgehead atoms. The van der Waals surface area contributed by atoms with Crippen LogP contribution in [-0.4, -0.2) is 23.0 Å². The maximum absolute atomic E-state index is 5.76. The molecule has 0 heterocycles. The van der Waals surface area contributed by atoms with Crippen molar-refractivity contribution in [1.29, 1.82) is 0 Å². The third-order valence-corrected chi connectivity index (χ3v) is 4.25. The second-order valence-corrected chi connectivity index (χ2v) is 16.0. The van der Waals surface area contributed by atoms with Gasteiger partial charge in [0.05, 0.1) is 0 Å². The van der Waals surface area contributed by atoms with Crippen molar-refractivity contribution >= 4 is 16.4 Å². The second-order valence-electron chi connectivity index (χ2n) is 5.99. The van der Waals surface area contributed by atoms with Crippen LogP contribution < -0.4 is 0 Å². The topological polar surface area (TPSA) is 9.23 Å². The highest BCUT2D eigenvalue weighted by Gasteiger charge is 2.12. The molecule has 0 aliphatic rings. The van der Waals surface area contributed by atoms with E-state index in [0.29, 0.717) is 0 Å². The van der Waals surface area contributed by atoms with Crippen LogP contribution in [0.2, 0.25) is 45.3 Å². The Morgan fingerprint density at radius 2 is 1.50 bits per heavy atom. The van der Waals surface area contributed by atoms with Crippen molar-refractivity contribution in [3.63, 3.8) is 0 Å². The van der Waals surface area contributed by atoms with E-state index >= 15 is 0 Å². The zero-order valence-corrected chi connectivity index (χ0v) is 12.7. The average Bonchev–Trinajstić information content (AvgIpc) is 1.92. The fourth-order valence-corrected chi connectivity index (χ4v) is 2.59. The molecule has 0 radical (unpaired) electrons. The van der Waals surface area contributed by atoms with Gasteiger partial charge in [-0.25, -0.2) is 0 Å². The van der Waals surface area contributed by atoms with E-state index < -0.39 is 16.4 Å². The Morgan fingerprint density at radius 3 is 1.93 bits per heavy atom. The molecular weight excluding hydrogens is 204 g/mol. The van der Waals surface area contributed by atoms with Crippen LogP contribution >= 0.6 is 0 Å². The van der Waals surface area contributed by atoms with Gasteiger partial charge in [0.15, 0.2) is 8.32 Å². The molecule has 14 heavy (non-hydrogen) atoms. The lowest BCUT2D eigenvalue weighted by molar-refractivity contribution is 0.319. The summed E-state index contributed by atoms with van der Waals surface area (Å²) in [6.45, 7) is 14.8. The number of hydrogen-bond acceptors (Lipinski definition) is 1. The summed E-state index contributed by atoms with van der Waals surface area (Å²) in [6, 6.07) is 1.29. The van der Waals surface area contributed by atoms with Crippen molar-refractivity contribution in [2.45, 2.75) is 51.7 Å². The minimum Gasteiger partial charge on any atom is -0.417 e. The first-order valence-corrected chi connectivity index (χ1v) is 12.6. The summed E-state index contributed by atoms with van der Waals surface area (Å²) < 4.78 is 5.76. The fraction of sp³-hybridized carbons (Fsp3) is 0.818. The van der Waals surface area contributed by atoms with Crippen molar-refractivity contribution < 1.29 is 4.43 Å². The van der Waals surface area contributed by atoms with Crippen LogP contribution in [0.4, 0.5) is 0 Å². The van der Waals surface area contributed by atoms with Gasteiger partial charge in [-0.15, -0.1) is 0 Å². The minimum atomic E-state index is -1.28. The molecule has 0 aromatic heterocycles. The van der Waals surface area contributed by atoms with Crippen molar-refractivity contribution in [3.05, 3.63) is 12.2 Å². The highest BCUT2D eigenvalue weighted by molar-refractivity contribution is 6.76. The Hall–Kier alpha value is 0.134. The summed E-state index contributed by atoms with van der Waals surface area (Å²) in [7, 11) is -2.15. The molecule has 0 N–H and O–H groups in total. The summed E-state index contributed by atoms with van der Waals surface area (Å²) in [6.07, 6.45) is 5.69. The van der Waals surface area contributed by atoms with Crippen LogP contribution in [0.5, 0.6) is 0 Å². The Morgan fingerprint density at radius 1 is 0.929 bits per heavy atom. The predicted molar refractivity (Wildman–Crippen MR) is 71.2 cm³/mol. The van der Waals surface area contributed by atoms with E-state index in [1.807, 2.05) is 0 Å². The molecule has 0 atom stereocenters. The first kappa shape index (κ1) is 14.1. The molecule has 84 valence electrons.